The van der Waals surface area contributed by atoms with Gasteiger partial charge in [-0.3, -0.25) is 4.79 Å². The number of carbonyl (C=O) groups is 1. The van der Waals surface area contributed by atoms with Crippen molar-refractivity contribution in [3.63, 3.8) is 0 Å². The first-order valence-electron chi connectivity index (χ1n) is 5.73. The quantitative estimate of drug-likeness (QED) is 0.678. The standard InChI is InChI=1S/C11H19NO2/c13-11(12-7-10-8-14-10)6-5-9-3-1-2-4-9/h9-10H,1-8H2,(H,12,13). The van der Waals surface area contributed by atoms with Crippen molar-refractivity contribution in [3.8, 4) is 0 Å². The van der Waals surface area contributed by atoms with E-state index in [-0.39, 0.29) is 5.91 Å². The summed E-state index contributed by atoms with van der Waals surface area (Å²) in [6, 6.07) is 0. The van der Waals surface area contributed by atoms with E-state index in [1.165, 1.54) is 25.7 Å². The SMILES string of the molecule is O=C(CCC1CCCC1)NCC1CO1. The molecule has 1 saturated heterocycles. The summed E-state index contributed by atoms with van der Waals surface area (Å²) in [5, 5.41) is 2.90. The maximum Gasteiger partial charge on any atom is 0.220 e. The van der Waals surface area contributed by atoms with Crippen LogP contribution >= 0.6 is 0 Å². The van der Waals surface area contributed by atoms with E-state index in [9.17, 15) is 4.79 Å². The summed E-state index contributed by atoms with van der Waals surface area (Å²) in [5.74, 6) is 1.02. The van der Waals surface area contributed by atoms with Gasteiger partial charge in [-0.25, -0.2) is 0 Å². The molecule has 0 bridgehead atoms. The van der Waals surface area contributed by atoms with Crippen LogP contribution < -0.4 is 5.32 Å². The zero-order valence-electron chi connectivity index (χ0n) is 8.63. The minimum Gasteiger partial charge on any atom is -0.371 e. The molecule has 1 aliphatic carbocycles. The van der Waals surface area contributed by atoms with Crippen molar-refractivity contribution in [1.29, 1.82) is 0 Å². The second kappa shape index (κ2) is 4.78. The van der Waals surface area contributed by atoms with Gasteiger partial charge in [0.15, 0.2) is 0 Å². The molecule has 3 nitrogen and oxygen atoms in total. The number of carbonyl (C=O) groups excluding carboxylic acids is 1. The lowest BCUT2D eigenvalue weighted by atomic mass is 10.0. The smallest absolute Gasteiger partial charge is 0.220 e. The molecular weight excluding hydrogens is 178 g/mol. The van der Waals surface area contributed by atoms with E-state index < -0.39 is 0 Å². The average Bonchev–Trinajstić information content (AvgIpc) is 2.87. The van der Waals surface area contributed by atoms with E-state index >= 15 is 0 Å². The second-order valence-corrected chi connectivity index (χ2v) is 4.45. The highest BCUT2D eigenvalue weighted by Crippen LogP contribution is 2.28. The molecule has 0 aromatic rings. The van der Waals surface area contributed by atoms with Crippen LogP contribution in [0.2, 0.25) is 0 Å². The molecule has 2 aliphatic rings. The summed E-state index contributed by atoms with van der Waals surface area (Å²) >= 11 is 0. The maximum atomic E-state index is 11.4. The lowest BCUT2D eigenvalue weighted by molar-refractivity contribution is -0.121. The van der Waals surface area contributed by atoms with Gasteiger partial charge >= 0.3 is 0 Å². The molecule has 1 atom stereocenters. The van der Waals surface area contributed by atoms with E-state index in [4.69, 9.17) is 4.74 Å². The van der Waals surface area contributed by atoms with Gasteiger partial charge in [-0.2, -0.15) is 0 Å². The summed E-state index contributed by atoms with van der Waals surface area (Å²) in [4.78, 5) is 11.4. The number of ether oxygens (including phenoxy) is 1. The molecule has 2 rings (SSSR count). The normalized spacial score (nSPS) is 26.4. The van der Waals surface area contributed by atoms with E-state index in [1.807, 2.05) is 0 Å². The first-order chi connectivity index (χ1) is 6.84. The van der Waals surface area contributed by atoms with Crippen molar-refractivity contribution >= 4 is 5.91 Å². The highest BCUT2D eigenvalue weighted by Gasteiger charge is 2.23. The van der Waals surface area contributed by atoms with Crippen molar-refractivity contribution in [2.75, 3.05) is 13.2 Å². The number of amides is 1. The van der Waals surface area contributed by atoms with Crippen LogP contribution in [0.15, 0.2) is 0 Å². The molecule has 0 aromatic heterocycles. The van der Waals surface area contributed by atoms with Gasteiger partial charge in [-0.15, -0.1) is 0 Å². The van der Waals surface area contributed by atoms with Gasteiger partial charge < -0.3 is 10.1 Å². The maximum absolute atomic E-state index is 11.4. The van der Waals surface area contributed by atoms with Gasteiger partial charge in [0, 0.05) is 13.0 Å². The zero-order valence-corrected chi connectivity index (χ0v) is 8.63. The van der Waals surface area contributed by atoms with Crippen molar-refractivity contribution in [1.82, 2.24) is 5.32 Å². The van der Waals surface area contributed by atoms with Crippen LogP contribution in [0.3, 0.4) is 0 Å². The Kier molecular flexibility index (Phi) is 3.40. The van der Waals surface area contributed by atoms with Crippen molar-refractivity contribution in [3.05, 3.63) is 0 Å². The highest BCUT2D eigenvalue weighted by atomic mass is 16.6. The third-order valence-corrected chi connectivity index (χ3v) is 3.18. The molecule has 1 unspecified atom stereocenters. The van der Waals surface area contributed by atoms with Crippen LogP contribution in [0.25, 0.3) is 0 Å². The lowest BCUT2D eigenvalue weighted by Gasteiger charge is -2.08. The first-order valence-corrected chi connectivity index (χ1v) is 5.73. The van der Waals surface area contributed by atoms with Crippen LogP contribution in [-0.4, -0.2) is 25.2 Å². The van der Waals surface area contributed by atoms with E-state index in [0.29, 0.717) is 19.1 Å². The highest BCUT2D eigenvalue weighted by molar-refractivity contribution is 5.75. The third-order valence-electron chi connectivity index (χ3n) is 3.18. The van der Waals surface area contributed by atoms with Crippen molar-refractivity contribution in [2.45, 2.75) is 44.6 Å². The monoisotopic (exact) mass is 197 g/mol. The van der Waals surface area contributed by atoms with Crippen LogP contribution in [0.1, 0.15) is 38.5 Å². The van der Waals surface area contributed by atoms with Gasteiger partial charge in [0.1, 0.15) is 0 Å². The molecule has 3 heteroatoms. The largest absolute Gasteiger partial charge is 0.371 e. The Hall–Kier alpha value is -0.570. The fourth-order valence-corrected chi connectivity index (χ4v) is 2.14. The first kappa shape index (κ1) is 9.97. The van der Waals surface area contributed by atoms with Gasteiger partial charge in [0.05, 0.1) is 12.7 Å². The number of hydrogen-bond acceptors (Lipinski definition) is 2. The molecule has 1 saturated carbocycles. The van der Waals surface area contributed by atoms with E-state index in [0.717, 1.165) is 18.9 Å². The number of rotatable bonds is 5. The van der Waals surface area contributed by atoms with Crippen LogP contribution in [0.4, 0.5) is 0 Å². The molecule has 0 spiro atoms. The summed E-state index contributed by atoms with van der Waals surface area (Å²) in [5.41, 5.74) is 0. The minimum absolute atomic E-state index is 0.201. The topological polar surface area (TPSA) is 41.6 Å². The molecule has 1 aliphatic heterocycles. The fourth-order valence-electron chi connectivity index (χ4n) is 2.14. The molecule has 80 valence electrons. The van der Waals surface area contributed by atoms with E-state index in [2.05, 4.69) is 5.32 Å². The molecule has 1 heterocycles. The van der Waals surface area contributed by atoms with Crippen molar-refractivity contribution < 1.29 is 9.53 Å². The predicted molar refractivity (Wildman–Crippen MR) is 53.9 cm³/mol. The Balaban J connectivity index is 1.52. The minimum atomic E-state index is 0.201. The molecule has 1 N–H and O–H groups in total. The Morgan fingerprint density at radius 1 is 1.36 bits per heavy atom. The third kappa shape index (κ3) is 3.29. The molecule has 0 radical (unpaired) electrons. The fraction of sp³-hybridized carbons (Fsp3) is 0.909. The number of hydrogen-bond donors (Lipinski definition) is 1. The van der Waals surface area contributed by atoms with Crippen LogP contribution in [0.5, 0.6) is 0 Å². The second-order valence-electron chi connectivity index (χ2n) is 4.45. The Bertz CT molecular complexity index is 195. The van der Waals surface area contributed by atoms with Crippen molar-refractivity contribution in [2.24, 2.45) is 5.92 Å². The summed E-state index contributed by atoms with van der Waals surface area (Å²) in [6.45, 7) is 1.53. The van der Waals surface area contributed by atoms with Gasteiger partial charge in [0.25, 0.3) is 0 Å². The lowest BCUT2D eigenvalue weighted by Crippen LogP contribution is -2.27. The van der Waals surface area contributed by atoms with Crippen LogP contribution in [-0.2, 0) is 9.53 Å². The summed E-state index contributed by atoms with van der Waals surface area (Å²) in [7, 11) is 0. The summed E-state index contributed by atoms with van der Waals surface area (Å²) < 4.78 is 5.02. The number of nitrogens with one attached hydrogen (secondary N) is 1. The zero-order chi connectivity index (χ0) is 9.80. The van der Waals surface area contributed by atoms with Crippen LogP contribution in [0, 0.1) is 5.92 Å². The summed E-state index contributed by atoms with van der Waals surface area (Å²) in [6.07, 6.45) is 7.49. The molecule has 0 aromatic carbocycles. The predicted octanol–water partition coefficient (Wildman–Crippen LogP) is 1.47. The molecule has 2 fully saturated rings. The average molecular weight is 197 g/mol. The Morgan fingerprint density at radius 2 is 2.07 bits per heavy atom. The van der Waals surface area contributed by atoms with E-state index in [1.54, 1.807) is 0 Å². The van der Waals surface area contributed by atoms with Gasteiger partial charge in [-0.05, 0) is 12.3 Å². The van der Waals surface area contributed by atoms with Gasteiger partial charge in [-0.1, -0.05) is 25.7 Å². The van der Waals surface area contributed by atoms with Gasteiger partial charge in [0.2, 0.25) is 5.91 Å². The molecule has 14 heavy (non-hydrogen) atoms. The molecular formula is C11H19NO2. The number of epoxide rings is 1. The Morgan fingerprint density at radius 3 is 2.71 bits per heavy atom. The molecule has 1 amide bonds. The Labute approximate surface area is 85.2 Å².